The van der Waals surface area contributed by atoms with Crippen molar-refractivity contribution >= 4 is 27.6 Å². The Balaban J connectivity index is 1.87. The number of ether oxygens (including phenoxy) is 1. The zero-order chi connectivity index (χ0) is 14.0. The fourth-order valence-electron chi connectivity index (χ4n) is 1.83. The maximum atomic E-state index is 11.9. The number of piperazine rings is 1. The van der Waals surface area contributed by atoms with E-state index >= 15 is 0 Å². The number of thiazole rings is 1. The van der Waals surface area contributed by atoms with Crippen LogP contribution in [0.1, 0.15) is 20.8 Å². The average molecular weight is 284 g/mol. The van der Waals surface area contributed by atoms with Crippen molar-refractivity contribution in [1.82, 2.24) is 9.88 Å². The number of nitrogens with zero attached hydrogens (tertiary/aromatic N) is 3. The SMILES string of the molecule is CC(C)(C)OC(=O)N1CCN(c2ncc(N)s2)CC1. The Morgan fingerprint density at radius 3 is 2.47 bits per heavy atom. The minimum Gasteiger partial charge on any atom is -0.444 e. The van der Waals surface area contributed by atoms with E-state index in [0.717, 1.165) is 18.2 Å². The molecule has 6 nitrogen and oxygen atoms in total. The van der Waals surface area contributed by atoms with Gasteiger partial charge in [0.25, 0.3) is 0 Å². The van der Waals surface area contributed by atoms with Gasteiger partial charge in [0.15, 0.2) is 5.13 Å². The quantitative estimate of drug-likeness (QED) is 0.851. The van der Waals surface area contributed by atoms with E-state index in [-0.39, 0.29) is 6.09 Å². The third-order valence-corrected chi connectivity index (χ3v) is 3.60. The van der Waals surface area contributed by atoms with E-state index < -0.39 is 5.60 Å². The number of amides is 1. The second kappa shape index (κ2) is 5.24. The van der Waals surface area contributed by atoms with Crippen molar-refractivity contribution in [3.8, 4) is 0 Å². The van der Waals surface area contributed by atoms with Crippen molar-refractivity contribution < 1.29 is 9.53 Å². The Hall–Kier alpha value is -1.50. The van der Waals surface area contributed by atoms with Crippen LogP contribution in [0.5, 0.6) is 0 Å². The van der Waals surface area contributed by atoms with Crippen LogP contribution in [0.15, 0.2) is 6.20 Å². The fraction of sp³-hybridized carbons (Fsp3) is 0.667. The van der Waals surface area contributed by atoms with Crippen LogP contribution in [0.4, 0.5) is 14.9 Å². The van der Waals surface area contributed by atoms with Crippen molar-refractivity contribution in [2.75, 3.05) is 36.8 Å². The van der Waals surface area contributed by atoms with E-state index in [0.29, 0.717) is 18.1 Å². The summed E-state index contributed by atoms with van der Waals surface area (Å²) in [5.74, 6) is 0. The predicted octanol–water partition coefficient (Wildman–Crippen LogP) is 1.78. The van der Waals surface area contributed by atoms with Gasteiger partial charge in [0.1, 0.15) is 10.6 Å². The summed E-state index contributed by atoms with van der Waals surface area (Å²) >= 11 is 1.47. The lowest BCUT2D eigenvalue weighted by molar-refractivity contribution is 0.0240. The molecular formula is C12H20N4O2S. The molecule has 1 aliphatic rings. The Bertz CT molecular complexity index is 447. The molecule has 1 aliphatic heterocycles. The van der Waals surface area contributed by atoms with Gasteiger partial charge in [0, 0.05) is 26.2 Å². The van der Waals surface area contributed by atoms with Gasteiger partial charge < -0.3 is 20.3 Å². The van der Waals surface area contributed by atoms with Crippen molar-refractivity contribution in [3.63, 3.8) is 0 Å². The summed E-state index contributed by atoms with van der Waals surface area (Å²) in [6.45, 7) is 8.43. The van der Waals surface area contributed by atoms with Crippen LogP contribution in [0.25, 0.3) is 0 Å². The lowest BCUT2D eigenvalue weighted by atomic mass is 10.2. The maximum absolute atomic E-state index is 11.9. The second-order valence-corrected chi connectivity index (χ2v) is 6.54. The molecule has 2 rings (SSSR count). The molecule has 0 atom stereocenters. The van der Waals surface area contributed by atoms with E-state index in [1.165, 1.54) is 11.3 Å². The molecule has 0 spiro atoms. The largest absolute Gasteiger partial charge is 0.444 e. The van der Waals surface area contributed by atoms with Gasteiger partial charge in [-0.1, -0.05) is 11.3 Å². The lowest BCUT2D eigenvalue weighted by Crippen LogP contribution is -2.50. The van der Waals surface area contributed by atoms with Crippen LogP contribution >= 0.6 is 11.3 Å². The fourth-order valence-corrected chi connectivity index (χ4v) is 2.56. The summed E-state index contributed by atoms with van der Waals surface area (Å²) in [5, 5.41) is 1.63. The highest BCUT2D eigenvalue weighted by molar-refractivity contribution is 7.19. The van der Waals surface area contributed by atoms with Gasteiger partial charge in [0.2, 0.25) is 0 Å². The molecule has 0 radical (unpaired) electrons. The molecule has 0 saturated carbocycles. The first-order chi connectivity index (χ1) is 8.85. The molecule has 1 fully saturated rings. The van der Waals surface area contributed by atoms with Gasteiger partial charge in [-0.3, -0.25) is 0 Å². The number of anilines is 2. The van der Waals surface area contributed by atoms with E-state index in [1.807, 2.05) is 20.8 Å². The highest BCUT2D eigenvalue weighted by atomic mass is 32.1. The van der Waals surface area contributed by atoms with Crippen molar-refractivity contribution in [1.29, 1.82) is 0 Å². The molecule has 1 amide bonds. The molecule has 1 aromatic heterocycles. The molecule has 1 saturated heterocycles. The molecule has 0 unspecified atom stereocenters. The third-order valence-electron chi connectivity index (χ3n) is 2.71. The number of hydrogen-bond acceptors (Lipinski definition) is 6. The second-order valence-electron chi connectivity index (χ2n) is 5.50. The summed E-state index contributed by atoms with van der Waals surface area (Å²) in [5.41, 5.74) is 5.23. The Kier molecular flexibility index (Phi) is 3.84. The molecule has 2 heterocycles. The maximum Gasteiger partial charge on any atom is 0.410 e. The number of aromatic nitrogens is 1. The van der Waals surface area contributed by atoms with Crippen LogP contribution < -0.4 is 10.6 Å². The number of nitrogen functional groups attached to an aromatic ring is 1. The molecular weight excluding hydrogens is 264 g/mol. The molecule has 1 aromatic rings. The zero-order valence-corrected chi connectivity index (χ0v) is 12.4. The monoisotopic (exact) mass is 284 g/mol. The van der Waals surface area contributed by atoms with Gasteiger partial charge in [-0.25, -0.2) is 9.78 Å². The number of nitrogens with two attached hydrogens (primary N) is 1. The van der Waals surface area contributed by atoms with E-state index in [9.17, 15) is 4.79 Å². The summed E-state index contributed by atoms with van der Waals surface area (Å²) in [4.78, 5) is 20.0. The summed E-state index contributed by atoms with van der Waals surface area (Å²) < 4.78 is 5.36. The lowest BCUT2D eigenvalue weighted by Gasteiger charge is -2.35. The number of hydrogen-bond donors (Lipinski definition) is 1. The van der Waals surface area contributed by atoms with Crippen molar-refractivity contribution in [3.05, 3.63) is 6.20 Å². The van der Waals surface area contributed by atoms with Crippen molar-refractivity contribution in [2.45, 2.75) is 26.4 Å². The van der Waals surface area contributed by atoms with Crippen LogP contribution in [-0.2, 0) is 4.74 Å². The van der Waals surface area contributed by atoms with Gasteiger partial charge in [-0.2, -0.15) is 0 Å². The van der Waals surface area contributed by atoms with E-state index in [1.54, 1.807) is 11.1 Å². The summed E-state index contributed by atoms with van der Waals surface area (Å²) in [6.07, 6.45) is 1.42. The Morgan fingerprint density at radius 1 is 1.37 bits per heavy atom. The first-order valence-corrected chi connectivity index (χ1v) is 7.11. The van der Waals surface area contributed by atoms with Gasteiger partial charge in [-0.05, 0) is 20.8 Å². The number of rotatable bonds is 1. The highest BCUT2D eigenvalue weighted by Gasteiger charge is 2.26. The van der Waals surface area contributed by atoms with E-state index in [2.05, 4.69) is 9.88 Å². The Morgan fingerprint density at radius 2 is 2.00 bits per heavy atom. The molecule has 0 bridgehead atoms. The average Bonchev–Trinajstić information content (AvgIpc) is 2.74. The number of carbonyl (C=O) groups is 1. The smallest absolute Gasteiger partial charge is 0.410 e. The molecule has 2 N–H and O–H groups in total. The van der Waals surface area contributed by atoms with Crippen molar-refractivity contribution in [2.24, 2.45) is 0 Å². The Labute approximate surface area is 117 Å². The first kappa shape index (κ1) is 13.9. The van der Waals surface area contributed by atoms with Crippen LogP contribution in [0.3, 0.4) is 0 Å². The minimum atomic E-state index is -0.446. The normalized spacial score (nSPS) is 16.6. The summed E-state index contributed by atoms with van der Waals surface area (Å²) in [6, 6.07) is 0. The van der Waals surface area contributed by atoms with Gasteiger partial charge >= 0.3 is 6.09 Å². The van der Waals surface area contributed by atoms with Gasteiger partial charge in [-0.15, -0.1) is 0 Å². The summed E-state index contributed by atoms with van der Waals surface area (Å²) in [7, 11) is 0. The molecule has 106 valence electrons. The molecule has 7 heteroatoms. The third kappa shape index (κ3) is 3.73. The highest BCUT2D eigenvalue weighted by Crippen LogP contribution is 2.25. The standard InChI is InChI=1S/C12H20N4O2S/c1-12(2,3)18-11(17)16-6-4-15(5-7-16)10-14-8-9(13)19-10/h8H,4-7,13H2,1-3H3. The van der Waals surface area contributed by atoms with Crippen LogP contribution in [0.2, 0.25) is 0 Å². The first-order valence-electron chi connectivity index (χ1n) is 6.29. The minimum absolute atomic E-state index is 0.245. The molecule has 0 aliphatic carbocycles. The molecule has 0 aromatic carbocycles. The van der Waals surface area contributed by atoms with Crippen LogP contribution in [0, 0.1) is 0 Å². The zero-order valence-electron chi connectivity index (χ0n) is 11.5. The van der Waals surface area contributed by atoms with Crippen LogP contribution in [-0.4, -0.2) is 47.8 Å². The predicted molar refractivity (Wildman–Crippen MR) is 76.5 cm³/mol. The topological polar surface area (TPSA) is 71.7 Å². The number of carbonyl (C=O) groups excluding carboxylic acids is 1. The molecule has 19 heavy (non-hydrogen) atoms. The van der Waals surface area contributed by atoms with E-state index in [4.69, 9.17) is 10.5 Å². The van der Waals surface area contributed by atoms with Gasteiger partial charge in [0.05, 0.1) is 6.20 Å².